The van der Waals surface area contributed by atoms with E-state index in [1.807, 2.05) is 35.2 Å². The molecule has 1 aliphatic heterocycles. The highest BCUT2D eigenvalue weighted by Crippen LogP contribution is 2.26. The highest BCUT2D eigenvalue weighted by molar-refractivity contribution is 7.09. The first kappa shape index (κ1) is 17.0. The quantitative estimate of drug-likeness (QED) is 0.706. The molecule has 0 N–H and O–H groups in total. The van der Waals surface area contributed by atoms with Gasteiger partial charge in [0.05, 0.1) is 0 Å². The summed E-state index contributed by atoms with van der Waals surface area (Å²) in [7, 11) is 0. The Morgan fingerprint density at radius 1 is 1.12 bits per heavy atom. The molecule has 0 atom stereocenters. The van der Waals surface area contributed by atoms with E-state index < -0.39 is 0 Å². The average molecular weight is 367 g/mol. The number of rotatable bonds is 4. The van der Waals surface area contributed by atoms with E-state index >= 15 is 0 Å². The minimum Gasteiger partial charge on any atom is -0.360 e. The molecule has 4 rings (SSSR count). The minimum absolute atomic E-state index is 0.0124. The van der Waals surface area contributed by atoms with Crippen molar-refractivity contribution in [2.75, 3.05) is 26.2 Å². The van der Waals surface area contributed by atoms with Crippen LogP contribution in [0.3, 0.4) is 0 Å². The SMILES string of the molecule is Cc1onc(-c2ccccc2)c1C(=O)N1CCN(Cc2cccs2)CC1. The molecule has 1 amide bonds. The third-order valence-electron chi connectivity index (χ3n) is 4.74. The van der Waals surface area contributed by atoms with E-state index in [4.69, 9.17) is 4.52 Å². The van der Waals surface area contributed by atoms with Gasteiger partial charge in [0.15, 0.2) is 0 Å². The van der Waals surface area contributed by atoms with Gasteiger partial charge in [0, 0.05) is 43.2 Å². The van der Waals surface area contributed by atoms with Crippen LogP contribution in [0.25, 0.3) is 11.3 Å². The second-order valence-electron chi connectivity index (χ2n) is 6.48. The molecule has 0 aliphatic carbocycles. The van der Waals surface area contributed by atoms with E-state index in [2.05, 4.69) is 27.6 Å². The van der Waals surface area contributed by atoms with Gasteiger partial charge in [-0.2, -0.15) is 0 Å². The van der Waals surface area contributed by atoms with Crippen LogP contribution in [0, 0.1) is 6.92 Å². The van der Waals surface area contributed by atoms with Crippen molar-refractivity contribution >= 4 is 17.2 Å². The zero-order chi connectivity index (χ0) is 17.9. The van der Waals surface area contributed by atoms with Gasteiger partial charge in [-0.1, -0.05) is 41.6 Å². The van der Waals surface area contributed by atoms with Gasteiger partial charge in [-0.15, -0.1) is 11.3 Å². The fourth-order valence-corrected chi connectivity index (χ4v) is 4.05. The van der Waals surface area contributed by atoms with Crippen molar-refractivity contribution in [2.45, 2.75) is 13.5 Å². The summed E-state index contributed by atoms with van der Waals surface area (Å²) in [5.74, 6) is 0.591. The molecule has 1 fully saturated rings. The summed E-state index contributed by atoms with van der Waals surface area (Å²) in [6, 6.07) is 14.0. The first-order valence-corrected chi connectivity index (χ1v) is 9.66. The number of aryl methyl sites for hydroxylation is 1. The van der Waals surface area contributed by atoms with Crippen molar-refractivity contribution in [3.63, 3.8) is 0 Å². The number of aromatic nitrogens is 1. The molecule has 1 saturated heterocycles. The van der Waals surface area contributed by atoms with Gasteiger partial charge >= 0.3 is 0 Å². The number of thiophene rings is 1. The lowest BCUT2D eigenvalue weighted by atomic mass is 10.0. The number of hydrogen-bond donors (Lipinski definition) is 0. The van der Waals surface area contributed by atoms with Gasteiger partial charge in [-0.05, 0) is 18.4 Å². The van der Waals surface area contributed by atoms with Crippen molar-refractivity contribution in [2.24, 2.45) is 0 Å². The molecule has 134 valence electrons. The summed E-state index contributed by atoms with van der Waals surface area (Å²) < 4.78 is 5.35. The summed E-state index contributed by atoms with van der Waals surface area (Å²) in [5.41, 5.74) is 2.13. The molecule has 1 aromatic carbocycles. The van der Waals surface area contributed by atoms with E-state index in [0.717, 1.165) is 38.3 Å². The Kier molecular flexibility index (Phi) is 4.86. The largest absolute Gasteiger partial charge is 0.360 e. The lowest BCUT2D eigenvalue weighted by Crippen LogP contribution is -2.48. The molecular formula is C20H21N3O2S. The van der Waals surface area contributed by atoms with Crippen LogP contribution in [0.1, 0.15) is 21.0 Å². The maximum atomic E-state index is 13.1. The van der Waals surface area contributed by atoms with Gasteiger partial charge in [0.1, 0.15) is 17.0 Å². The van der Waals surface area contributed by atoms with Crippen LogP contribution in [-0.4, -0.2) is 47.0 Å². The van der Waals surface area contributed by atoms with Crippen molar-refractivity contribution in [1.29, 1.82) is 0 Å². The van der Waals surface area contributed by atoms with E-state index in [1.54, 1.807) is 18.3 Å². The molecule has 6 heteroatoms. The standard InChI is InChI=1S/C20H21N3O2S/c1-15-18(19(21-25-15)16-6-3-2-4-7-16)20(24)23-11-9-22(10-12-23)14-17-8-5-13-26-17/h2-8,13H,9-12,14H2,1H3. The number of amides is 1. The van der Waals surface area contributed by atoms with E-state index in [9.17, 15) is 4.79 Å². The topological polar surface area (TPSA) is 49.6 Å². The first-order chi connectivity index (χ1) is 12.7. The monoisotopic (exact) mass is 367 g/mol. The Bertz CT molecular complexity index is 866. The van der Waals surface area contributed by atoms with Crippen molar-refractivity contribution < 1.29 is 9.32 Å². The number of nitrogens with zero attached hydrogens (tertiary/aromatic N) is 3. The summed E-state index contributed by atoms with van der Waals surface area (Å²) >= 11 is 1.78. The summed E-state index contributed by atoms with van der Waals surface area (Å²) in [6.07, 6.45) is 0. The van der Waals surface area contributed by atoms with Crippen molar-refractivity contribution in [3.05, 3.63) is 64.0 Å². The van der Waals surface area contributed by atoms with Gasteiger partial charge < -0.3 is 9.42 Å². The highest BCUT2D eigenvalue weighted by atomic mass is 32.1. The van der Waals surface area contributed by atoms with Crippen LogP contribution in [0.4, 0.5) is 0 Å². The predicted molar refractivity (Wildman–Crippen MR) is 102 cm³/mol. The number of carbonyl (C=O) groups is 1. The lowest BCUT2D eigenvalue weighted by molar-refractivity contribution is 0.0628. The zero-order valence-electron chi connectivity index (χ0n) is 14.7. The Morgan fingerprint density at radius 2 is 1.88 bits per heavy atom. The highest BCUT2D eigenvalue weighted by Gasteiger charge is 2.28. The third kappa shape index (κ3) is 3.43. The second kappa shape index (κ2) is 7.43. The third-order valence-corrected chi connectivity index (χ3v) is 5.60. The van der Waals surface area contributed by atoms with E-state index in [-0.39, 0.29) is 5.91 Å². The molecule has 3 heterocycles. The van der Waals surface area contributed by atoms with Crippen LogP contribution in [0.2, 0.25) is 0 Å². The number of carbonyl (C=O) groups excluding carboxylic acids is 1. The molecule has 3 aromatic rings. The van der Waals surface area contributed by atoms with Crippen molar-refractivity contribution in [3.8, 4) is 11.3 Å². The fourth-order valence-electron chi connectivity index (χ4n) is 3.31. The summed E-state index contributed by atoms with van der Waals surface area (Å²) in [6.45, 7) is 5.98. The average Bonchev–Trinajstić information content (AvgIpc) is 3.32. The number of piperazine rings is 1. The molecule has 26 heavy (non-hydrogen) atoms. The summed E-state index contributed by atoms with van der Waals surface area (Å²) in [5, 5.41) is 6.24. The maximum Gasteiger partial charge on any atom is 0.259 e. The van der Waals surface area contributed by atoms with E-state index in [0.29, 0.717) is 17.0 Å². The Labute approximate surface area is 156 Å². The molecule has 2 aromatic heterocycles. The molecule has 0 bridgehead atoms. The first-order valence-electron chi connectivity index (χ1n) is 8.78. The Balaban J connectivity index is 1.47. The Hall–Kier alpha value is -2.44. The minimum atomic E-state index is 0.0124. The molecule has 0 saturated carbocycles. The normalized spacial score (nSPS) is 15.3. The molecule has 0 radical (unpaired) electrons. The number of hydrogen-bond acceptors (Lipinski definition) is 5. The zero-order valence-corrected chi connectivity index (χ0v) is 15.5. The lowest BCUT2D eigenvalue weighted by Gasteiger charge is -2.34. The van der Waals surface area contributed by atoms with Gasteiger partial charge in [-0.25, -0.2) is 0 Å². The van der Waals surface area contributed by atoms with Crippen LogP contribution < -0.4 is 0 Å². The predicted octanol–water partition coefficient (Wildman–Crippen LogP) is 3.67. The smallest absolute Gasteiger partial charge is 0.259 e. The second-order valence-corrected chi connectivity index (χ2v) is 7.51. The van der Waals surface area contributed by atoms with Crippen LogP contribution in [-0.2, 0) is 6.54 Å². The van der Waals surface area contributed by atoms with E-state index in [1.165, 1.54) is 4.88 Å². The van der Waals surface area contributed by atoms with Gasteiger partial charge in [0.2, 0.25) is 0 Å². The van der Waals surface area contributed by atoms with Crippen LogP contribution >= 0.6 is 11.3 Å². The van der Waals surface area contributed by atoms with Crippen LogP contribution in [0.15, 0.2) is 52.4 Å². The molecular weight excluding hydrogens is 346 g/mol. The molecule has 0 spiro atoms. The van der Waals surface area contributed by atoms with Crippen LogP contribution in [0.5, 0.6) is 0 Å². The maximum absolute atomic E-state index is 13.1. The van der Waals surface area contributed by atoms with Gasteiger partial charge in [-0.3, -0.25) is 9.69 Å². The molecule has 5 nitrogen and oxygen atoms in total. The Morgan fingerprint density at radius 3 is 2.58 bits per heavy atom. The summed E-state index contributed by atoms with van der Waals surface area (Å²) in [4.78, 5) is 18.8. The molecule has 0 unspecified atom stereocenters. The molecule has 1 aliphatic rings. The van der Waals surface area contributed by atoms with Crippen molar-refractivity contribution in [1.82, 2.24) is 15.0 Å². The fraction of sp³-hybridized carbons (Fsp3) is 0.300. The number of benzene rings is 1. The van der Waals surface area contributed by atoms with Gasteiger partial charge in [0.25, 0.3) is 5.91 Å².